The number of nitrogens with zero attached hydrogens (tertiary/aromatic N) is 5. The summed E-state index contributed by atoms with van der Waals surface area (Å²) in [5.41, 5.74) is 4.10. The van der Waals surface area contributed by atoms with Gasteiger partial charge in [-0.05, 0) is 38.1 Å². The number of aromatic nitrogens is 5. The summed E-state index contributed by atoms with van der Waals surface area (Å²) in [5, 5.41) is 5.62. The summed E-state index contributed by atoms with van der Waals surface area (Å²) in [6.07, 6.45) is 3.09. The van der Waals surface area contributed by atoms with Crippen molar-refractivity contribution < 1.29 is 22.1 Å². The van der Waals surface area contributed by atoms with Crippen LogP contribution < -0.4 is 8.92 Å². The molecule has 3 aromatic heterocycles. The molecule has 5 rings (SSSR count). The Morgan fingerprint density at radius 1 is 1.05 bits per heavy atom. The first-order chi connectivity index (χ1) is 17.7. The van der Waals surface area contributed by atoms with Gasteiger partial charge >= 0.3 is 10.1 Å². The fourth-order valence-electron chi connectivity index (χ4n) is 3.92. The van der Waals surface area contributed by atoms with Crippen molar-refractivity contribution in [1.29, 1.82) is 0 Å². The van der Waals surface area contributed by atoms with Gasteiger partial charge < -0.3 is 13.7 Å². The number of ether oxygens (including phenoxy) is 2. The van der Waals surface area contributed by atoms with Crippen molar-refractivity contribution in [1.82, 2.24) is 24.7 Å². The maximum atomic E-state index is 12.7. The molecule has 0 unspecified atom stereocenters. The van der Waals surface area contributed by atoms with Crippen molar-refractivity contribution in [3.8, 4) is 22.9 Å². The Labute approximate surface area is 217 Å². The van der Waals surface area contributed by atoms with Crippen molar-refractivity contribution in [2.45, 2.75) is 18.7 Å². The Balaban J connectivity index is 1.57. The summed E-state index contributed by atoms with van der Waals surface area (Å²) in [6.45, 7) is 3.80. The summed E-state index contributed by atoms with van der Waals surface area (Å²) >= 11 is 6.58. The number of halogens is 1. The van der Waals surface area contributed by atoms with E-state index in [9.17, 15) is 8.42 Å². The fourth-order valence-corrected chi connectivity index (χ4v) is 5.02. The summed E-state index contributed by atoms with van der Waals surface area (Å²) in [7, 11) is -0.726. The van der Waals surface area contributed by atoms with Gasteiger partial charge in [0.05, 0.1) is 22.4 Å². The average Bonchev–Trinajstić information content (AvgIpc) is 3.24. The molecule has 190 valence electrons. The number of pyridine rings is 1. The fraction of sp³-hybridized carbons (Fsp3) is 0.200. The molecule has 10 nitrogen and oxygen atoms in total. The molecule has 0 fully saturated rings. The Morgan fingerprint density at radius 3 is 2.54 bits per heavy atom. The standard InChI is InChI=1S/C25H22ClN5O5S/c1-14-5-7-17(8-6-14)37(32,33)36-21-11-27-25-23(29-21)19(26)10-20(28-25)18-9-16-12-31(3)30-22(16)15(2)24(18)35-13-34-4/h5-12H,13H2,1-4H3. The molecular formula is C25H22ClN5O5S. The lowest BCUT2D eigenvalue weighted by molar-refractivity contribution is 0.0511. The number of benzene rings is 2. The van der Waals surface area contributed by atoms with Crippen LogP contribution in [-0.4, -0.2) is 47.1 Å². The van der Waals surface area contributed by atoms with Gasteiger partial charge in [0, 0.05) is 36.9 Å². The third-order valence-corrected chi connectivity index (χ3v) is 7.17. The molecule has 0 radical (unpaired) electrons. The van der Waals surface area contributed by atoms with E-state index in [0.717, 1.165) is 22.0 Å². The van der Waals surface area contributed by atoms with Gasteiger partial charge in [-0.15, -0.1) is 0 Å². The number of methoxy groups -OCH3 is 1. The molecule has 0 N–H and O–H groups in total. The van der Waals surface area contributed by atoms with Gasteiger partial charge in [-0.3, -0.25) is 4.68 Å². The number of aryl methyl sites for hydroxylation is 3. The smallest absolute Gasteiger partial charge is 0.340 e. The predicted octanol–water partition coefficient (Wildman–Crippen LogP) is 4.60. The Bertz CT molecular complexity index is 1750. The van der Waals surface area contributed by atoms with Crippen molar-refractivity contribution in [3.63, 3.8) is 0 Å². The second-order valence-electron chi connectivity index (χ2n) is 8.39. The van der Waals surface area contributed by atoms with E-state index in [0.29, 0.717) is 17.0 Å². The van der Waals surface area contributed by atoms with E-state index in [1.54, 1.807) is 22.9 Å². The third kappa shape index (κ3) is 4.80. The normalized spacial score (nSPS) is 11.8. The maximum Gasteiger partial charge on any atom is 0.340 e. The highest BCUT2D eigenvalue weighted by Crippen LogP contribution is 2.39. The van der Waals surface area contributed by atoms with E-state index in [4.69, 9.17) is 25.3 Å². The van der Waals surface area contributed by atoms with Gasteiger partial charge in [0.2, 0.25) is 0 Å². The lowest BCUT2D eigenvalue weighted by atomic mass is 10.0. The number of rotatable bonds is 7. The molecule has 2 aromatic carbocycles. The summed E-state index contributed by atoms with van der Waals surface area (Å²) in [6, 6.07) is 9.81. The molecule has 0 saturated carbocycles. The van der Waals surface area contributed by atoms with E-state index in [-0.39, 0.29) is 33.8 Å². The quantitative estimate of drug-likeness (QED) is 0.216. The first-order valence-electron chi connectivity index (χ1n) is 11.1. The van der Waals surface area contributed by atoms with Gasteiger partial charge in [-0.2, -0.15) is 13.5 Å². The molecule has 0 aliphatic heterocycles. The Hall–Kier alpha value is -3.80. The van der Waals surface area contributed by atoms with Crippen molar-refractivity contribution in [2.75, 3.05) is 13.9 Å². The van der Waals surface area contributed by atoms with E-state index in [1.165, 1.54) is 25.4 Å². The third-order valence-electron chi connectivity index (χ3n) is 5.65. The van der Waals surface area contributed by atoms with Gasteiger partial charge in [-0.25, -0.2) is 15.0 Å². The number of hydrogen-bond donors (Lipinski definition) is 0. The first kappa shape index (κ1) is 24.9. The van der Waals surface area contributed by atoms with E-state index >= 15 is 0 Å². The summed E-state index contributed by atoms with van der Waals surface area (Å²) in [4.78, 5) is 13.2. The number of fused-ring (bicyclic) bond motifs is 2. The lowest BCUT2D eigenvalue weighted by Crippen LogP contribution is -2.11. The van der Waals surface area contributed by atoms with Crippen molar-refractivity contribution in [3.05, 3.63) is 64.9 Å². The minimum atomic E-state index is -4.10. The van der Waals surface area contributed by atoms with Crippen LogP contribution in [0.25, 0.3) is 33.3 Å². The van der Waals surface area contributed by atoms with Crippen LogP contribution in [0.2, 0.25) is 5.02 Å². The highest BCUT2D eigenvalue weighted by Gasteiger charge is 2.21. The van der Waals surface area contributed by atoms with E-state index in [1.807, 2.05) is 33.2 Å². The number of hydrogen-bond acceptors (Lipinski definition) is 9. The SMILES string of the molecule is COCOc1c(-c2cc(Cl)c3nc(OS(=O)(=O)c4ccc(C)cc4)cnc3n2)cc2cn(C)nc2c1C. The van der Waals surface area contributed by atoms with Crippen LogP contribution in [0.1, 0.15) is 11.1 Å². The van der Waals surface area contributed by atoms with Crippen LogP contribution in [0.5, 0.6) is 11.6 Å². The van der Waals surface area contributed by atoms with Gasteiger partial charge in [0.15, 0.2) is 12.4 Å². The Morgan fingerprint density at radius 2 is 1.81 bits per heavy atom. The van der Waals surface area contributed by atoms with Crippen LogP contribution in [-0.2, 0) is 21.9 Å². The van der Waals surface area contributed by atoms with E-state index < -0.39 is 10.1 Å². The molecule has 37 heavy (non-hydrogen) atoms. The Kier molecular flexibility index (Phi) is 6.44. The van der Waals surface area contributed by atoms with Crippen molar-refractivity contribution in [2.24, 2.45) is 7.05 Å². The second-order valence-corrected chi connectivity index (χ2v) is 10.3. The molecule has 0 spiro atoms. The molecule has 5 aromatic rings. The van der Waals surface area contributed by atoms with Crippen molar-refractivity contribution >= 4 is 43.8 Å². The monoisotopic (exact) mass is 539 g/mol. The van der Waals surface area contributed by atoms with Crippen LogP contribution >= 0.6 is 11.6 Å². The average molecular weight is 540 g/mol. The minimum absolute atomic E-state index is 0.00400. The van der Waals surface area contributed by atoms with Gasteiger partial charge in [0.25, 0.3) is 5.88 Å². The maximum absolute atomic E-state index is 12.7. The summed E-state index contributed by atoms with van der Waals surface area (Å²) in [5.74, 6) is 0.328. The molecule has 0 amide bonds. The molecule has 0 atom stereocenters. The van der Waals surface area contributed by atoms with E-state index in [2.05, 4.69) is 20.1 Å². The molecule has 0 saturated heterocycles. The zero-order valence-electron chi connectivity index (χ0n) is 20.4. The predicted molar refractivity (Wildman–Crippen MR) is 138 cm³/mol. The highest BCUT2D eigenvalue weighted by molar-refractivity contribution is 7.87. The van der Waals surface area contributed by atoms with Crippen LogP contribution in [0.15, 0.2) is 53.7 Å². The largest absolute Gasteiger partial charge is 0.466 e. The molecule has 0 bridgehead atoms. The molecular weight excluding hydrogens is 518 g/mol. The van der Waals surface area contributed by atoms with Gasteiger partial charge in [0.1, 0.15) is 16.2 Å². The lowest BCUT2D eigenvalue weighted by Gasteiger charge is -2.14. The van der Waals surface area contributed by atoms with Crippen LogP contribution in [0, 0.1) is 13.8 Å². The molecule has 0 aliphatic carbocycles. The van der Waals surface area contributed by atoms with Crippen LogP contribution in [0.3, 0.4) is 0 Å². The highest BCUT2D eigenvalue weighted by atomic mass is 35.5. The summed E-state index contributed by atoms with van der Waals surface area (Å²) < 4.78 is 43.3. The molecule has 12 heteroatoms. The zero-order chi connectivity index (χ0) is 26.3. The van der Waals surface area contributed by atoms with Gasteiger partial charge in [-0.1, -0.05) is 29.3 Å². The minimum Gasteiger partial charge on any atom is -0.466 e. The topological polar surface area (TPSA) is 118 Å². The molecule has 0 aliphatic rings. The second kappa shape index (κ2) is 9.58. The zero-order valence-corrected chi connectivity index (χ0v) is 22.0. The molecule has 3 heterocycles. The first-order valence-corrected chi connectivity index (χ1v) is 12.9. The van der Waals surface area contributed by atoms with Crippen LogP contribution in [0.4, 0.5) is 0 Å².